The van der Waals surface area contributed by atoms with Crippen LogP contribution in [0.1, 0.15) is 111 Å². The lowest BCUT2D eigenvalue weighted by Crippen LogP contribution is -2.51. The summed E-state index contributed by atoms with van der Waals surface area (Å²) in [7, 11) is 0. The van der Waals surface area contributed by atoms with E-state index in [-0.39, 0.29) is 11.5 Å². The first-order valence-corrected chi connectivity index (χ1v) is 15.5. The van der Waals surface area contributed by atoms with Gasteiger partial charge in [-0.1, -0.05) is 74.5 Å². The lowest BCUT2D eigenvalue weighted by Gasteiger charge is -2.58. The Labute approximate surface area is 217 Å². The molecule has 0 amide bonds. The molecule has 0 spiro atoms. The Hall–Kier alpha value is -0.510. The summed E-state index contributed by atoms with van der Waals surface area (Å²) in [6.45, 7) is 10.2. The highest BCUT2D eigenvalue weighted by Crippen LogP contribution is 2.67. The Bertz CT molecular complexity index is 749. The molecule has 0 bridgehead atoms. The fourth-order valence-electron chi connectivity index (χ4n) is 9.41. The Balaban J connectivity index is 1.39. The second kappa shape index (κ2) is 10.9. The van der Waals surface area contributed by atoms with E-state index in [1.54, 1.807) is 0 Å². The Morgan fingerprint density at radius 1 is 1.09 bits per heavy atom. The molecule has 194 valence electrons. The molecule has 9 atom stereocenters. The van der Waals surface area contributed by atoms with Gasteiger partial charge in [0.15, 0.2) is 0 Å². The van der Waals surface area contributed by atoms with Gasteiger partial charge in [-0.2, -0.15) is 0 Å². The molecule has 4 rings (SSSR count). The van der Waals surface area contributed by atoms with Crippen LogP contribution in [0.4, 0.5) is 4.79 Å². The molecule has 34 heavy (non-hydrogen) atoms. The van der Waals surface area contributed by atoms with Gasteiger partial charge in [0.1, 0.15) is 6.10 Å². The zero-order valence-corrected chi connectivity index (χ0v) is 23.7. The van der Waals surface area contributed by atoms with Crippen LogP contribution < -0.4 is 0 Å². The fourth-order valence-corrected chi connectivity index (χ4v) is 9.73. The van der Waals surface area contributed by atoms with Gasteiger partial charge >= 0.3 is 6.16 Å². The third-order valence-electron chi connectivity index (χ3n) is 11.3. The van der Waals surface area contributed by atoms with Gasteiger partial charge in [-0.3, -0.25) is 0 Å². The number of fused-ring (bicyclic) bond motifs is 5. The van der Waals surface area contributed by atoms with E-state index in [2.05, 4.69) is 49.7 Å². The van der Waals surface area contributed by atoms with E-state index in [1.165, 1.54) is 69.8 Å². The number of carboxylic acid groups (broad SMARTS) is 1. The first kappa shape index (κ1) is 26.6. The van der Waals surface area contributed by atoms with E-state index in [0.29, 0.717) is 5.41 Å². The SMILES string of the molecule is CC(CCCBr)CCC[C@@H](C)[C@H]1CC[C@H]2[C@@H]3CC=C4C[C@@H](OC(=O)O)CC[C@]4(C)[C@H]3CC[C@]12C. The minimum atomic E-state index is -1.11. The van der Waals surface area contributed by atoms with E-state index in [1.807, 2.05) is 0 Å². The van der Waals surface area contributed by atoms with Gasteiger partial charge in [-0.25, -0.2) is 4.79 Å². The van der Waals surface area contributed by atoms with Crippen molar-refractivity contribution >= 4 is 22.1 Å². The summed E-state index contributed by atoms with van der Waals surface area (Å²) in [6.07, 6.45) is 17.8. The minimum absolute atomic E-state index is 0.138. The standard InChI is InChI=1S/C30H49BrO3/c1-20(8-6-18-31)7-5-9-21(2)25-12-13-26-24-11-10-22-19-23(34-28(32)33)14-16-29(22,3)27(24)15-17-30(25,26)4/h10,20-21,23-27H,5-9,11-19H2,1-4H3,(H,32,33)/t20?,21-,23+,24+,25-,26+,27+,29+,30-/m1/s1. The number of rotatable bonds is 9. The average molecular weight is 538 g/mol. The summed E-state index contributed by atoms with van der Waals surface area (Å²) < 4.78 is 5.19. The zero-order chi connectivity index (χ0) is 24.5. The van der Waals surface area contributed by atoms with Gasteiger partial charge in [-0.05, 0) is 104 Å². The van der Waals surface area contributed by atoms with Crippen molar-refractivity contribution in [1.82, 2.24) is 0 Å². The number of hydrogen-bond donors (Lipinski definition) is 1. The molecule has 0 saturated heterocycles. The first-order valence-electron chi connectivity index (χ1n) is 14.3. The number of carbonyl (C=O) groups is 1. The molecule has 3 saturated carbocycles. The Morgan fingerprint density at radius 3 is 2.59 bits per heavy atom. The van der Waals surface area contributed by atoms with Crippen molar-refractivity contribution in [3.63, 3.8) is 0 Å². The number of halogens is 1. The van der Waals surface area contributed by atoms with Crippen LogP contribution in [0, 0.1) is 46.3 Å². The molecule has 0 aromatic heterocycles. The second-order valence-electron chi connectivity index (χ2n) is 13.1. The van der Waals surface area contributed by atoms with Crippen LogP contribution in [0.3, 0.4) is 0 Å². The number of allylic oxidation sites excluding steroid dienone is 1. The van der Waals surface area contributed by atoms with Gasteiger partial charge in [0.05, 0.1) is 0 Å². The van der Waals surface area contributed by atoms with Gasteiger partial charge in [-0.15, -0.1) is 0 Å². The zero-order valence-electron chi connectivity index (χ0n) is 22.2. The molecule has 3 nitrogen and oxygen atoms in total. The molecular weight excluding hydrogens is 488 g/mol. The van der Waals surface area contributed by atoms with Crippen LogP contribution in [-0.4, -0.2) is 22.7 Å². The predicted octanol–water partition coefficient (Wildman–Crippen LogP) is 9.25. The number of alkyl halides is 1. The van der Waals surface area contributed by atoms with Crippen LogP contribution in [0.15, 0.2) is 11.6 Å². The molecule has 4 heteroatoms. The monoisotopic (exact) mass is 536 g/mol. The summed E-state index contributed by atoms with van der Waals surface area (Å²) in [4.78, 5) is 11.1. The summed E-state index contributed by atoms with van der Waals surface area (Å²) in [5.74, 6) is 5.09. The average Bonchev–Trinajstić information content (AvgIpc) is 3.15. The lowest BCUT2D eigenvalue weighted by molar-refractivity contribution is -0.0601. The van der Waals surface area contributed by atoms with Crippen molar-refractivity contribution in [2.45, 2.75) is 117 Å². The van der Waals surface area contributed by atoms with Crippen molar-refractivity contribution < 1.29 is 14.6 Å². The fraction of sp³-hybridized carbons (Fsp3) is 0.900. The summed E-state index contributed by atoms with van der Waals surface area (Å²) in [6, 6.07) is 0. The third kappa shape index (κ3) is 5.14. The molecular formula is C30H49BrO3. The maximum Gasteiger partial charge on any atom is 0.506 e. The maximum absolute atomic E-state index is 11.1. The van der Waals surface area contributed by atoms with Crippen molar-refractivity contribution in [2.24, 2.45) is 46.3 Å². The molecule has 4 aliphatic carbocycles. The van der Waals surface area contributed by atoms with Crippen LogP contribution >= 0.6 is 15.9 Å². The summed E-state index contributed by atoms with van der Waals surface area (Å²) in [5.41, 5.74) is 2.29. The minimum Gasteiger partial charge on any atom is -0.450 e. The first-order chi connectivity index (χ1) is 16.2. The van der Waals surface area contributed by atoms with Crippen LogP contribution in [0.2, 0.25) is 0 Å². The summed E-state index contributed by atoms with van der Waals surface area (Å²) >= 11 is 3.58. The molecule has 0 radical (unpaired) electrons. The molecule has 0 heterocycles. The molecule has 0 aliphatic heterocycles. The third-order valence-corrected chi connectivity index (χ3v) is 11.8. The van der Waals surface area contributed by atoms with Gasteiger partial charge in [0, 0.05) is 11.8 Å². The largest absolute Gasteiger partial charge is 0.506 e. The van der Waals surface area contributed by atoms with Gasteiger partial charge in [0.25, 0.3) is 0 Å². The molecule has 4 aliphatic rings. The van der Waals surface area contributed by atoms with Crippen molar-refractivity contribution in [2.75, 3.05) is 5.33 Å². The van der Waals surface area contributed by atoms with E-state index in [4.69, 9.17) is 9.84 Å². The molecule has 1 unspecified atom stereocenters. The van der Waals surface area contributed by atoms with E-state index < -0.39 is 6.16 Å². The molecule has 3 fully saturated rings. The van der Waals surface area contributed by atoms with Gasteiger partial charge < -0.3 is 9.84 Å². The van der Waals surface area contributed by atoms with Crippen molar-refractivity contribution in [3.8, 4) is 0 Å². The molecule has 1 N–H and O–H groups in total. The van der Waals surface area contributed by atoms with Crippen molar-refractivity contribution in [1.29, 1.82) is 0 Å². The Morgan fingerprint density at radius 2 is 1.85 bits per heavy atom. The normalized spacial score (nSPS) is 41.0. The van der Waals surface area contributed by atoms with Crippen LogP contribution in [-0.2, 0) is 4.74 Å². The lowest BCUT2D eigenvalue weighted by atomic mass is 9.47. The van der Waals surface area contributed by atoms with Gasteiger partial charge in [0.2, 0.25) is 0 Å². The Kier molecular flexibility index (Phi) is 8.47. The van der Waals surface area contributed by atoms with Crippen LogP contribution in [0.25, 0.3) is 0 Å². The highest BCUT2D eigenvalue weighted by molar-refractivity contribution is 9.09. The second-order valence-corrected chi connectivity index (χ2v) is 13.9. The maximum atomic E-state index is 11.1. The predicted molar refractivity (Wildman–Crippen MR) is 143 cm³/mol. The highest BCUT2D eigenvalue weighted by Gasteiger charge is 2.59. The number of ether oxygens (including phenoxy) is 1. The van der Waals surface area contributed by atoms with Crippen LogP contribution in [0.5, 0.6) is 0 Å². The smallest absolute Gasteiger partial charge is 0.450 e. The number of hydrogen-bond acceptors (Lipinski definition) is 2. The van der Waals surface area contributed by atoms with Crippen molar-refractivity contribution in [3.05, 3.63) is 11.6 Å². The highest BCUT2D eigenvalue weighted by atomic mass is 79.9. The van der Waals surface area contributed by atoms with E-state index in [9.17, 15) is 4.79 Å². The molecule has 0 aromatic rings. The molecule has 0 aromatic carbocycles. The van der Waals surface area contributed by atoms with E-state index in [0.717, 1.165) is 60.1 Å². The topological polar surface area (TPSA) is 46.5 Å². The summed E-state index contributed by atoms with van der Waals surface area (Å²) in [5, 5.41) is 10.2. The quantitative estimate of drug-likeness (QED) is 0.181. The van der Waals surface area contributed by atoms with E-state index >= 15 is 0 Å².